The first-order valence-corrected chi connectivity index (χ1v) is 11.2. The lowest BCUT2D eigenvalue weighted by Crippen LogP contribution is -2.55. The summed E-state index contributed by atoms with van der Waals surface area (Å²) in [5.74, 6) is 4.71. The Morgan fingerprint density at radius 2 is 1.56 bits per heavy atom. The molecule has 4 aliphatic carbocycles. The second kappa shape index (κ2) is 6.23. The van der Waals surface area contributed by atoms with E-state index in [-0.39, 0.29) is 0 Å². The molecule has 0 bridgehead atoms. The van der Waals surface area contributed by atoms with E-state index in [0.717, 1.165) is 35.6 Å². The summed E-state index contributed by atoms with van der Waals surface area (Å²) in [7, 11) is 4.58. The van der Waals surface area contributed by atoms with Crippen LogP contribution in [0.15, 0.2) is 0 Å². The van der Waals surface area contributed by atoms with Crippen molar-refractivity contribution in [3.8, 4) is 0 Å². The van der Waals surface area contributed by atoms with E-state index in [1.165, 1.54) is 57.8 Å². The molecule has 0 aromatic heterocycles. The van der Waals surface area contributed by atoms with Gasteiger partial charge in [0.2, 0.25) is 0 Å². The molecule has 0 amide bonds. The molecule has 25 heavy (non-hydrogen) atoms. The number of nitrogens with two attached hydrogens (primary N) is 1. The molecule has 4 rings (SSSR count). The molecule has 0 heterocycles. The SMILES string of the molecule is C[C@H](N)[C@H]1CC[C@H]2[C@@H]3CC[C@H]4C[C@@H](N(C)C)CC[C@]4(C)[C@@H]3CC[C@]12C. The lowest BCUT2D eigenvalue weighted by molar-refractivity contribution is -0.120. The van der Waals surface area contributed by atoms with E-state index in [9.17, 15) is 0 Å². The zero-order chi connectivity index (χ0) is 18.0. The maximum absolute atomic E-state index is 6.43. The van der Waals surface area contributed by atoms with Crippen molar-refractivity contribution in [2.24, 2.45) is 46.2 Å². The Kier molecular flexibility index (Phi) is 4.56. The van der Waals surface area contributed by atoms with Gasteiger partial charge in [-0.3, -0.25) is 0 Å². The predicted octanol–water partition coefficient (Wildman–Crippen LogP) is 4.92. The smallest absolute Gasteiger partial charge is 0.00922 e. The standard InChI is InChI=1S/C23H42N2/c1-15(24)19-8-9-20-18-7-6-16-14-17(25(4)5)10-12-22(16,2)21(18)11-13-23(19,20)3/h15-21H,6-14,24H2,1-5H3/t15-,16-,17-,18-,19+,20-,21+,22-,23+/m0/s1. The molecule has 2 N–H and O–H groups in total. The number of nitrogens with zero attached hydrogens (tertiary/aromatic N) is 1. The zero-order valence-corrected chi connectivity index (χ0v) is 17.4. The molecule has 9 atom stereocenters. The molecule has 2 heteroatoms. The van der Waals surface area contributed by atoms with Crippen molar-refractivity contribution >= 4 is 0 Å². The van der Waals surface area contributed by atoms with Crippen LogP contribution in [0.25, 0.3) is 0 Å². The molecule has 0 unspecified atom stereocenters. The van der Waals surface area contributed by atoms with Crippen LogP contribution in [0.1, 0.15) is 78.6 Å². The van der Waals surface area contributed by atoms with Gasteiger partial charge in [-0.1, -0.05) is 13.8 Å². The molecule has 0 aromatic rings. The molecule has 0 aromatic carbocycles. The fourth-order valence-electron chi connectivity index (χ4n) is 8.61. The van der Waals surface area contributed by atoms with Gasteiger partial charge in [-0.2, -0.15) is 0 Å². The molecule has 4 fully saturated rings. The third-order valence-corrected chi connectivity index (χ3v) is 10.1. The van der Waals surface area contributed by atoms with E-state index in [0.29, 0.717) is 16.9 Å². The minimum atomic E-state index is 0.383. The fourth-order valence-corrected chi connectivity index (χ4v) is 8.61. The van der Waals surface area contributed by atoms with Crippen molar-refractivity contribution in [2.75, 3.05) is 14.1 Å². The molecule has 0 saturated heterocycles. The van der Waals surface area contributed by atoms with Gasteiger partial charge >= 0.3 is 0 Å². The van der Waals surface area contributed by atoms with Gasteiger partial charge in [-0.15, -0.1) is 0 Å². The van der Waals surface area contributed by atoms with E-state index in [1.807, 2.05) is 0 Å². The van der Waals surface area contributed by atoms with Crippen LogP contribution in [0.3, 0.4) is 0 Å². The van der Waals surface area contributed by atoms with Crippen LogP contribution in [0.5, 0.6) is 0 Å². The van der Waals surface area contributed by atoms with Crippen molar-refractivity contribution in [1.82, 2.24) is 4.90 Å². The van der Waals surface area contributed by atoms with Crippen LogP contribution >= 0.6 is 0 Å². The number of rotatable bonds is 2. The molecule has 4 aliphatic rings. The van der Waals surface area contributed by atoms with E-state index >= 15 is 0 Å². The van der Waals surface area contributed by atoms with Crippen LogP contribution < -0.4 is 5.73 Å². The highest BCUT2D eigenvalue weighted by molar-refractivity contribution is 5.10. The van der Waals surface area contributed by atoms with Crippen LogP contribution in [0.2, 0.25) is 0 Å². The Bertz CT molecular complexity index is 500. The van der Waals surface area contributed by atoms with E-state index < -0.39 is 0 Å². The summed E-state index contributed by atoms with van der Waals surface area (Å²) in [6.45, 7) is 7.58. The number of hydrogen-bond acceptors (Lipinski definition) is 2. The van der Waals surface area contributed by atoms with Gasteiger partial charge in [0.25, 0.3) is 0 Å². The Hall–Kier alpha value is -0.0800. The van der Waals surface area contributed by atoms with Crippen LogP contribution in [0, 0.1) is 40.4 Å². The normalized spacial score (nSPS) is 53.9. The third-order valence-electron chi connectivity index (χ3n) is 10.1. The average molecular weight is 347 g/mol. The minimum absolute atomic E-state index is 0.383. The summed E-state index contributed by atoms with van der Waals surface area (Å²) in [5.41, 5.74) is 7.60. The van der Waals surface area contributed by atoms with Gasteiger partial charge in [-0.05, 0) is 119 Å². The monoisotopic (exact) mass is 346 g/mol. The summed E-state index contributed by atoms with van der Waals surface area (Å²) >= 11 is 0. The van der Waals surface area contributed by atoms with Crippen LogP contribution in [-0.2, 0) is 0 Å². The quantitative estimate of drug-likeness (QED) is 0.768. The first kappa shape index (κ1) is 18.3. The predicted molar refractivity (Wildman–Crippen MR) is 106 cm³/mol. The third kappa shape index (κ3) is 2.64. The van der Waals surface area contributed by atoms with Crippen LogP contribution in [-0.4, -0.2) is 31.1 Å². The first-order chi connectivity index (χ1) is 11.8. The fraction of sp³-hybridized carbons (Fsp3) is 1.00. The highest BCUT2D eigenvalue weighted by atomic mass is 15.1. The summed E-state index contributed by atoms with van der Waals surface area (Å²) in [5, 5.41) is 0. The van der Waals surface area contributed by atoms with E-state index in [4.69, 9.17) is 5.73 Å². The maximum Gasteiger partial charge on any atom is 0.00922 e. The first-order valence-electron chi connectivity index (χ1n) is 11.2. The Morgan fingerprint density at radius 3 is 2.24 bits per heavy atom. The molecule has 2 nitrogen and oxygen atoms in total. The van der Waals surface area contributed by atoms with Crippen LogP contribution in [0.4, 0.5) is 0 Å². The lowest BCUT2D eigenvalue weighted by Gasteiger charge is -2.61. The Morgan fingerprint density at radius 1 is 0.880 bits per heavy atom. The maximum atomic E-state index is 6.43. The highest BCUT2D eigenvalue weighted by Gasteiger charge is 2.60. The average Bonchev–Trinajstić information content (AvgIpc) is 2.91. The van der Waals surface area contributed by atoms with Crippen molar-refractivity contribution < 1.29 is 0 Å². The summed E-state index contributed by atoms with van der Waals surface area (Å²) < 4.78 is 0. The number of hydrogen-bond donors (Lipinski definition) is 1. The molecule has 0 aliphatic heterocycles. The molecule has 4 saturated carbocycles. The van der Waals surface area contributed by atoms with Crippen molar-refractivity contribution in [3.05, 3.63) is 0 Å². The minimum Gasteiger partial charge on any atom is -0.328 e. The lowest BCUT2D eigenvalue weighted by atomic mass is 9.44. The van der Waals surface area contributed by atoms with Gasteiger partial charge in [0.1, 0.15) is 0 Å². The van der Waals surface area contributed by atoms with Gasteiger partial charge in [0, 0.05) is 12.1 Å². The van der Waals surface area contributed by atoms with Crippen molar-refractivity contribution in [2.45, 2.75) is 90.6 Å². The van der Waals surface area contributed by atoms with Crippen molar-refractivity contribution in [3.63, 3.8) is 0 Å². The highest BCUT2D eigenvalue weighted by Crippen LogP contribution is 2.67. The van der Waals surface area contributed by atoms with Gasteiger partial charge in [-0.25, -0.2) is 0 Å². The van der Waals surface area contributed by atoms with Gasteiger partial charge < -0.3 is 10.6 Å². The topological polar surface area (TPSA) is 29.3 Å². The zero-order valence-electron chi connectivity index (χ0n) is 17.4. The summed E-state index contributed by atoms with van der Waals surface area (Å²) in [4.78, 5) is 2.49. The Balaban J connectivity index is 1.56. The molecule has 0 spiro atoms. The molecular formula is C23H42N2. The van der Waals surface area contributed by atoms with E-state index in [2.05, 4.69) is 39.8 Å². The van der Waals surface area contributed by atoms with Gasteiger partial charge in [0.05, 0.1) is 0 Å². The molecule has 144 valence electrons. The van der Waals surface area contributed by atoms with E-state index in [1.54, 1.807) is 0 Å². The largest absolute Gasteiger partial charge is 0.328 e. The van der Waals surface area contributed by atoms with Crippen molar-refractivity contribution in [1.29, 1.82) is 0 Å². The molecular weight excluding hydrogens is 304 g/mol. The molecule has 0 radical (unpaired) electrons. The van der Waals surface area contributed by atoms with Gasteiger partial charge in [0.15, 0.2) is 0 Å². The summed E-state index contributed by atoms with van der Waals surface area (Å²) in [6, 6.07) is 1.21. The number of fused-ring (bicyclic) bond motifs is 5. The second-order valence-electron chi connectivity index (χ2n) is 11.1. The second-order valence-corrected chi connectivity index (χ2v) is 11.1. The Labute approximate surface area is 156 Å². The summed E-state index contributed by atoms with van der Waals surface area (Å²) in [6.07, 6.45) is 13.2.